The Morgan fingerprint density at radius 3 is 2.94 bits per heavy atom. The highest BCUT2D eigenvalue weighted by molar-refractivity contribution is 7.99. The van der Waals surface area contributed by atoms with E-state index in [2.05, 4.69) is 10.2 Å². The van der Waals surface area contributed by atoms with Crippen molar-refractivity contribution >= 4 is 17.4 Å². The number of aromatic nitrogens is 3. The fraction of sp³-hybridized carbons (Fsp3) is 0.333. The fourth-order valence-corrected chi connectivity index (χ4v) is 2.50. The molecule has 0 spiro atoms. The van der Waals surface area contributed by atoms with Gasteiger partial charge in [-0.3, -0.25) is 4.57 Å². The molecule has 0 atom stereocenters. The number of rotatable bonds is 4. The van der Waals surface area contributed by atoms with Crippen molar-refractivity contribution in [1.29, 1.82) is 0 Å². The van der Waals surface area contributed by atoms with Crippen LogP contribution in [0.4, 0.5) is 5.69 Å². The molecule has 96 valence electrons. The molecule has 0 amide bonds. The molecule has 0 aliphatic rings. The number of nitrogen functional groups attached to an aromatic ring is 1. The van der Waals surface area contributed by atoms with E-state index in [4.69, 9.17) is 5.73 Å². The van der Waals surface area contributed by atoms with Crippen LogP contribution in [0, 0.1) is 6.92 Å². The van der Waals surface area contributed by atoms with Gasteiger partial charge in [-0.25, -0.2) is 9.89 Å². The van der Waals surface area contributed by atoms with Crippen molar-refractivity contribution in [3.05, 3.63) is 34.2 Å². The first-order chi connectivity index (χ1) is 8.61. The van der Waals surface area contributed by atoms with Gasteiger partial charge in [0.2, 0.25) is 0 Å². The van der Waals surface area contributed by atoms with Gasteiger partial charge in [-0.15, -0.1) is 5.10 Å². The van der Waals surface area contributed by atoms with Gasteiger partial charge in [0.1, 0.15) is 0 Å². The van der Waals surface area contributed by atoms with E-state index in [1.165, 1.54) is 11.8 Å². The SMILES string of the molecule is CCCn1c(Sc2ccc(C)c(N)c2)n[nH]c1=O. The lowest BCUT2D eigenvalue weighted by Crippen LogP contribution is -2.17. The smallest absolute Gasteiger partial charge is 0.343 e. The molecule has 0 bridgehead atoms. The second kappa shape index (κ2) is 5.30. The van der Waals surface area contributed by atoms with Crippen LogP contribution in [-0.2, 0) is 6.54 Å². The standard InChI is InChI=1S/C12H16N4OS/c1-3-6-16-11(17)14-15-12(16)18-9-5-4-8(2)10(13)7-9/h4-5,7H,3,6,13H2,1-2H3,(H,14,17). The summed E-state index contributed by atoms with van der Waals surface area (Å²) >= 11 is 1.44. The Bertz CT molecular complexity index is 602. The predicted octanol–water partition coefficient (Wildman–Crippen LogP) is 2.02. The number of hydrogen-bond donors (Lipinski definition) is 2. The predicted molar refractivity (Wildman–Crippen MR) is 72.9 cm³/mol. The van der Waals surface area contributed by atoms with Crippen LogP contribution in [0.3, 0.4) is 0 Å². The maximum Gasteiger partial charge on any atom is 0.343 e. The highest BCUT2D eigenvalue weighted by Crippen LogP contribution is 2.27. The molecule has 1 aromatic heterocycles. The molecule has 6 heteroatoms. The summed E-state index contributed by atoms with van der Waals surface area (Å²) in [5.41, 5.74) is 7.50. The Morgan fingerprint density at radius 2 is 2.28 bits per heavy atom. The number of nitrogens with one attached hydrogen (secondary N) is 1. The van der Waals surface area contributed by atoms with Crippen LogP contribution >= 0.6 is 11.8 Å². The van der Waals surface area contributed by atoms with Gasteiger partial charge in [0.15, 0.2) is 5.16 Å². The molecule has 5 nitrogen and oxygen atoms in total. The zero-order valence-corrected chi connectivity index (χ0v) is 11.3. The normalized spacial score (nSPS) is 10.8. The monoisotopic (exact) mass is 264 g/mol. The number of anilines is 1. The zero-order chi connectivity index (χ0) is 13.1. The summed E-state index contributed by atoms with van der Waals surface area (Å²) in [5, 5.41) is 7.17. The van der Waals surface area contributed by atoms with Gasteiger partial charge in [-0.2, -0.15) is 0 Å². The van der Waals surface area contributed by atoms with Crippen molar-refractivity contribution in [3.8, 4) is 0 Å². The molecular weight excluding hydrogens is 248 g/mol. The van der Waals surface area contributed by atoms with E-state index >= 15 is 0 Å². The summed E-state index contributed by atoms with van der Waals surface area (Å²) in [7, 11) is 0. The minimum Gasteiger partial charge on any atom is -0.398 e. The van der Waals surface area contributed by atoms with Crippen molar-refractivity contribution in [2.24, 2.45) is 0 Å². The van der Waals surface area contributed by atoms with Crippen LogP contribution in [0.5, 0.6) is 0 Å². The highest BCUT2D eigenvalue weighted by Gasteiger charge is 2.09. The van der Waals surface area contributed by atoms with E-state index in [0.717, 1.165) is 22.6 Å². The summed E-state index contributed by atoms with van der Waals surface area (Å²) in [4.78, 5) is 12.5. The number of benzene rings is 1. The van der Waals surface area contributed by atoms with Crippen LogP contribution in [0.1, 0.15) is 18.9 Å². The summed E-state index contributed by atoms with van der Waals surface area (Å²) in [6.45, 7) is 4.65. The average Bonchev–Trinajstić information content (AvgIpc) is 2.67. The molecule has 1 aromatic carbocycles. The van der Waals surface area contributed by atoms with E-state index in [-0.39, 0.29) is 5.69 Å². The molecule has 3 N–H and O–H groups in total. The number of nitrogens with two attached hydrogens (primary N) is 1. The van der Waals surface area contributed by atoms with Crippen molar-refractivity contribution in [1.82, 2.24) is 14.8 Å². The number of aromatic amines is 1. The third-order valence-electron chi connectivity index (χ3n) is 2.63. The quantitative estimate of drug-likeness (QED) is 0.828. The van der Waals surface area contributed by atoms with Crippen molar-refractivity contribution < 1.29 is 0 Å². The Labute approximate surface area is 109 Å². The molecule has 0 aliphatic heterocycles. The summed E-state index contributed by atoms with van der Waals surface area (Å²) in [5.74, 6) is 0. The first kappa shape index (κ1) is 12.8. The van der Waals surface area contributed by atoms with Gasteiger partial charge in [-0.1, -0.05) is 13.0 Å². The van der Waals surface area contributed by atoms with Crippen molar-refractivity contribution in [2.45, 2.75) is 36.9 Å². The maximum atomic E-state index is 11.5. The number of aryl methyl sites for hydroxylation is 1. The highest BCUT2D eigenvalue weighted by atomic mass is 32.2. The second-order valence-corrected chi connectivity index (χ2v) is 5.12. The molecule has 0 fully saturated rings. The van der Waals surface area contributed by atoms with E-state index in [1.54, 1.807) is 4.57 Å². The van der Waals surface area contributed by atoms with Gasteiger partial charge in [0.25, 0.3) is 0 Å². The summed E-state index contributed by atoms with van der Waals surface area (Å²) in [6.07, 6.45) is 0.892. The molecule has 0 saturated heterocycles. The Kier molecular flexibility index (Phi) is 3.76. The van der Waals surface area contributed by atoms with E-state index in [1.807, 2.05) is 32.0 Å². The van der Waals surface area contributed by atoms with Crippen LogP contribution in [0.2, 0.25) is 0 Å². The Morgan fingerprint density at radius 1 is 1.50 bits per heavy atom. The second-order valence-electron chi connectivity index (χ2n) is 4.08. The summed E-state index contributed by atoms with van der Waals surface area (Å²) < 4.78 is 1.64. The largest absolute Gasteiger partial charge is 0.398 e. The van der Waals surface area contributed by atoms with Crippen LogP contribution in [0.25, 0.3) is 0 Å². The molecule has 0 saturated carbocycles. The van der Waals surface area contributed by atoms with Gasteiger partial charge in [0.05, 0.1) is 0 Å². The Balaban J connectivity index is 2.28. The lowest BCUT2D eigenvalue weighted by molar-refractivity contribution is 0.604. The minimum absolute atomic E-state index is 0.167. The molecular formula is C12H16N4OS. The van der Waals surface area contributed by atoms with Crippen molar-refractivity contribution in [3.63, 3.8) is 0 Å². The van der Waals surface area contributed by atoms with Gasteiger partial charge in [-0.05, 0) is 42.8 Å². The molecule has 1 heterocycles. The molecule has 2 aromatic rings. The van der Waals surface area contributed by atoms with E-state index in [9.17, 15) is 4.79 Å². The first-order valence-electron chi connectivity index (χ1n) is 5.81. The minimum atomic E-state index is -0.167. The van der Waals surface area contributed by atoms with Crippen molar-refractivity contribution in [2.75, 3.05) is 5.73 Å². The topological polar surface area (TPSA) is 76.7 Å². The number of H-pyrrole nitrogens is 1. The lowest BCUT2D eigenvalue weighted by Gasteiger charge is -2.05. The van der Waals surface area contributed by atoms with Gasteiger partial charge in [0, 0.05) is 17.1 Å². The third-order valence-corrected chi connectivity index (χ3v) is 3.61. The number of hydrogen-bond acceptors (Lipinski definition) is 4. The van der Waals surface area contributed by atoms with Gasteiger partial charge >= 0.3 is 5.69 Å². The fourth-order valence-electron chi connectivity index (χ4n) is 1.59. The van der Waals surface area contributed by atoms with Crippen LogP contribution in [-0.4, -0.2) is 14.8 Å². The molecule has 18 heavy (non-hydrogen) atoms. The lowest BCUT2D eigenvalue weighted by atomic mass is 10.2. The first-order valence-corrected chi connectivity index (χ1v) is 6.62. The van der Waals surface area contributed by atoms with Gasteiger partial charge < -0.3 is 5.73 Å². The zero-order valence-electron chi connectivity index (χ0n) is 10.4. The summed E-state index contributed by atoms with van der Waals surface area (Å²) in [6, 6.07) is 5.84. The van der Waals surface area contributed by atoms with E-state index < -0.39 is 0 Å². The number of nitrogens with zero attached hydrogens (tertiary/aromatic N) is 2. The molecule has 0 aliphatic carbocycles. The molecule has 2 rings (SSSR count). The molecule has 0 radical (unpaired) electrons. The third kappa shape index (κ3) is 2.59. The van der Waals surface area contributed by atoms with Crippen LogP contribution in [0.15, 0.2) is 33.0 Å². The van der Waals surface area contributed by atoms with E-state index in [0.29, 0.717) is 11.7 Å². The Hall–Kier alpha value is -1.69. The average molecular weight is 264 g/mol. The molecule has 0 unspecified atom stereocenters. The maximum absolute atomic E-state index is 11.5. The van der Waals surface area contributed by atoms with Crippen LogP contribution < -0.4 is 11.4 Å².